The van der Waals surface area contributed by atoms with Crippen LogP contribution in [-0.2, 0) is 6.54 Å². The molecule has 0 atom stereocenters. The third-order valence-corrected chi connectivity index (χ3v) is 4.99. The molecule has 5 nitrogen and oxygen atoms in total. The maximum Gasteiger partial charge on any atom is 0.344 e. The summed E-state index contributed by atoms with van der Waals surface area (Å²) in [5.41, 5.74) is 1.51. The maximum absolute atomic E-state index is 13.1. The van der Waals surface area contributed by atoms with Crippen molar-refractivity contribution in [3.63, 3.8) is 0 Å². The van der Waals surface area contributed by atoms with Gasteiger partial charge in [-0.1, -0.05) is 42.5 Å². The number of hydrogen-bond acceptors (Lipinski definition) is 4. The summed E-state index contributed by atoms with van der Waals surface area (Å²) in [5.74, 6) is -0.509. The molecule has 5 rings (SSSR count). The molecule has 0 aliphatic heterocycles. The van der Waals surface area contributed by atoms with E-state index in [0.717, 1.165) is 0 Å². The second-order valence-electron chi connectivity index (χ2n) is 6.28. The van der Waals surface area contributed by atoms with Crippen molar-refractivity contribution in [1.29, 1.82) is 0 Å². The summed E-state index contributed by atoms with van der Waals surface area (Å²) >= 11 is 0. The first-order valence-corrected chi connectivity index (χ1v) is 8.40. The molecule has 0 saturated carbocycles. The van der Waals surface area contributed by atoms with E-state index in [0.29, 0.717) is 39.7 Å². The number of ketones is 2. The predicted octanol–water partition coefficient (Wildman–Crippen LogP) is 3.54. The van der Waals surface area contributed by atoms with Crippen LogP contribution in [0.5, 0.6) is 0 Å². The van der Waals surface area contributed by atoms with Gasteiger partial charge in [0.25, 0.3) is 0 Å². The number of carbonyl (C=O) groups is 2. The summed E-state index contributed by atoms with van der Waals surface area (Å²) < 4.78 is 7.32. The van der Waals surface area contributed by atoms with Gasteiger partial charge in [-0.2, -0.15) is 0 Å². The van der Waals surface area contributed by atoms with Gasteiger partial charge in [0.2, 0.25) is 5.78 Å². The molecule has 126 valence electrons. The number of hydrogen-bond donors (Lipinski definition) is 0. The summed E-state index contributed by atoms with van der Waals surface area (Å²) in [6.45, 7) is 2.38. The highest BCUT2D eigenvalue weighted by atomic mass is 16.4. The summed E-state index contributed by atoms with van der Waals surface area (Å²) in [6.07, 6.45) is 0. The minimum Gasteiger partial charge on any atom is -0.420 e. The van der Waals surface area contributed by atoms with E-state index in [2.05, 4.69) is 0 Å². The fourth-order valence-corrected chi connectivity index (χ4v) is 3.88. The molecule has 0 radical (unpaired) electrons. The van der Waals surface area contributed by atoms with E-state index in [1.807, 2.05) is 19.1 Å². The maximum atomic E-state index is 13.1. The normalized spacial score (nSPS) is 13.3. The molecule has 26 heavy (non-hydrogen) atoms. The lowest BCUT2D eigenvalue weighted by molar-refractivity contribution is 0.0974. The van der Waals surface area contributed by atoms with E-state index in [1.165, 1.54) is 0 Å². The van der Waals surface area contributed by atoms with Gasteiger partial charge in [-0.15, -0.1) is 0 Å². The van der Waals surface area contributed by atoms with Gasteiger partial charge in [0.05, 0.1) is 16.5 Å². The molecule has 0 bridgehead atoms. The lowest BCUT2D eigenvalue weighted by atomic mass is 9.88. The van der Waals surface area contributed by atoms with Crippen LogP contribution < -0.4 is 5.63 Å². The van der Waals surface area contributed by atoms with Crippen LogP contribution in [0.15, 0.2) is 57.7 Å². The largest absolute Gasteiger partial charge is 0.420 e. The van der Waals surface area contributed by atoms with E-state index in [-0.39, 0.29) is 22.7 Å². The van der Waals surface area contributed by atoms with Crippen LogP contribution in [0, 0.1) is 0 Å². The van der Waals surface area contributed by atoms with E-state index in [4.69, 9.17) is 4.42 Å². The van der Waals surface area contributed by atoms with Gasteiger partial charge in [-0.05, 0) is 13.0 Å². The lowest BCUT2D eigenvalue weighted by Crippen LogP contribution is -2.22. The van der Waals surface area contributed by atoms with Crippen molar-refractivity contribution in [3.05, 3.63) is 81.3 Å². The molecule has 2 aromatic carbocycles. The zero-order valence-electron chi connectivity index (χ0n) is 13.9. The summed E-state index contributed by atoms with van der Waals surface area (Å²) in [4.78, 5) is 38.7. The molecule has 1 aliphatic carbocycles. The molecule has 0 fully saturated rings. The third-order valence-electron chi connectivity index (χ3n) is 4.99. The molecule has 0 unspecified atom stereocenters. The predicted molar refractivity (Wildman–Crippen MR) is 97.0 cm³/mol. The minimum atomic E-state index is -0.511. The second-order valence-corrected chi connectivity index (χ2v) is 6.28. The van der Waals surface area contributed by atoms with Crippen molar-refractivity contribution in [2.24, 2.45) is 0 Å². The number of nitrogens with zero attached hydrogens (tertiary/aromatic N) is 1. The van der Waals surface area contributed by atoms with Gasteiger partial charge in [-0.25, -0.2) is 4.79 Å². The quantitative estimate of drug-likeness (QED) is 0.467. The average molecular weight is 343 g/mol. The van der Waals surface area contributed by atoms with E-state index in [9.17, 15) is 14.4 Å². The van der Waals surface area contributed by atoms with Gasteiger partial charge in [0.15, 0.2) is 11.4 Å². The fourth-order valence-electron chi connectivity index (χ4n) is 3.88. The Kier molecular flexibility index (Phi) is 2.86. The molecule has 0 amide bonds. The summed E-state index contributed by atoms with van der Waals surface area (Å²) in [7, 11) is 0. The van der Waals surface area contributed by atoms with Crippen molar-refractivity contribution in [2.45, 2.75) is 13.5 Å². The van der Waals surface area contributed by atoms with E-state index in [1.54, 1.807) is 41.0 Å². The summed E-state index contributed by atoms with van der Waals surface area (Å²) in [6, 6.07) is 13.8. The van der Waals surface area contributed by atoms with Crippen LogP contribution >= 0.6 is 0 Å². The van der Waals surface area contributed by atoms with Gasteiger partial charge in [0, 0.05) is 23.1 Å². The number of fused-ring (bicyclic) bond motifs is 6. The first kappa shape index (κ1) is 14.8. The number of aryl methyl sites for hydroxylation is 1. The molecular formula is C21H13NO4. The zero-order valence-corrected chi connectivity index (χ0v) is 13.9. The van der Waals surface area contributed by atoms with E-state index >= 15 is 0 Å². The highest BCUT2D eigenvalue weighted by Crippen LogP contribution is 2.37. The molecule has 5 heteroatoms. The molecule has 2 heterocycles. The van der Waals surface area contributed by atoms with Gasteiger partial charge in [0.1, 0.15) is 5.69 Å². The van der Waals surface area contributed by atoms with Crippen LogP contribution in [0.4, 0.5) is 0 Å². The number of benzene rings is 2. The van der Waals surface area contributed by atoms with Crippen molar-refractivity contribution in [1.82, 2.24) is 4.57 Å². The Balaban J connectivity index is 2.04. The summed E-state index contributed by atoms with van der Waals surface area (Å²) in [5, 5.41) is 1.11. The Morgan fingerprint density at radius 3 is 2.15 bits per heavy atom. The van der Waals surface area contributed by atoms with Crippen LogP contribution in [0.1, 0.15) is 38.9 Å². The average Bonchev–Trinajstić information content (AvgIpc) is 3.01. The van der Waals surface area contributed by atoms with Gasteiger partial charge in [-0.3, -0.25) is 9.59 Å². The smallest absolute Gasteiger partial charge is 0.344 e. The van der Waals surface area contributed by atoms with Gasteiger partial charge < -0.3 is 8.98 Å². The molecule has 0 saturated heterocycles. The molecular weight excluding hydrogens is 330 g/mol. The van der Waals surface area contributed by atoms with Gasteiger partial charge >= 0.3 is 5.63 Å². The first-order valence-electron chi connectivity index (χ1n) is 8.40. The standard InChI is InChI=1S/C21H13NO4/c1-2-22-16-11-7-3-6-10-14(11)21(25)26-20(16)15-17(22)19(24)13-9-5-4-8-12(13)18(15)23/h3-10H,2H2,1H3. The van der Waals surface area contributed by atoms with E-state index < -0.39 is 5.63 Å². The Morgan fingerprint density at radius 1 is 0.846 bits per heavy atom. The molecule has 4 aromatic rings. The van der Waals surface area contributed by atoms with Crippen LogP contribution in [0.25, 0.3) is 21.9 Å². The Labute approximate surface area is 147 Å². The van der Waals surface area contributed by atoms with Crippen molar-refractivity contribution in [3.8, 4) is 0 Å². The number of carbonyl (C=O) groups excluding carboxylic acids is 2. The van der Waals surface area contributed by atoms with Crippen molar-refractivity contribution in [2.75, 3.05) is 0 Å². The lowest BCUT2D eigenvalue weighted by Gasteiger charge is -2.16. The SMILES string of the molecule is CCn1c2c(c3oc(=O)c4ccccc4c31)C(=O)c1ccccc1C2=O. The first-order chi connectivity index (χ1) is 12.6. The third kappa shape index (κ3) is 1.67. The Hall–Kier alpha value is -3.47. The van der Waals surface area contributed by atoms with Crippen molar-refractivity contribution >= 4 is 33.4 Å². The highest BCUT2D eigenvalue weighted by Gasteiger charge is 2.37. The minimum absolute atomic E-state index is 0.188. The van der Waals surface area contributed by atoms with Crippen LogP contribution in [0.2, 0.25) is 0 Å². The second kappa shape index (κ2) is 5.02. The molecule has 0 N–H and O–H groups in total. The monoisotopic (exact) mass is 343 g/mol. The highest BCUT2D eigenvalue weighted by molar-refractivity contribution is 6.32. The fraction of sp³-hybridized carbons (Fsp3) is 0.0952. The number of aromatic nitrogens is 1. The van der Waals surface area contributed by atoms with Crippen molar-refractivity contribution < 1.29 is 14.0 Å². The topological polar surface area (TPSA) is 69.3 Å². The molecule has 0 spiro atoms. The van der Waals surface area contributed by atoms with Crippen LogP contribution in [0.3, 0.4) is 0 Å². The Morgan fingerprint density at radius 2 is 1.46 bits per heavy atom. The molecule has 2 aromatic heterocycles. The Bertz CT molecular complexity index is 1320. The molecule has 1 aliphatic rings. The van der Waals surface area contributed by atoms with Crippen LogP contribution in [-0.4, -0.2) is 16.1 Å². The zero-order chi connectivity index (χ0) is 18.0. The number of rotatable bonds is 1.